The van der Waals surface area contributed by atoms with Crippen LogP contribution in [-0.4, -0.2) is 0 Å². The van der Waals surface area contributed by atoms with E-state index in [4.69, 9.17) is 4.42 Å². The van der Waals surface area contributed by atoms with Crippen molar-refractivity contribution in [3.05, 3.63) is 36.8 Å². The first-order valence-corrected chi connectivity index (χ1v) is 4.88. The first kappa shape index (κ1) is 15.8. The molecule has 1 nitrogen and oxygen atoms in total. The monoisotopic (exact) mass is 229 g/mol. The fourth-order valence-corrected chi connectivity index (χ4v) is 0.906. The smallest absolute Gasteiger partial charge is 0.0981 e. The van der Waals surface area contributed by atoms with Gasteiger partial charge in [0.15, 0.2) is 0 Å². The third-order valence-electron chi connectivity index (χ3n) is 1.39. The average Bonchev–Trinajstić information content (AvgIpc) is 2.71. The molecule has 0 spiro atoms. The van der Waals surface area contributed by atoms with Gasteiger partial charge in [0.1, 0.15) is 0 Å². The topological polar surface area (TPSA) is 13.1 Å². The van der Waals surface area contributed by atoms with Crippen LogP contribution < -0.4 is 0 Å². The van der Waals surface area contributed by atoms with Crippen LogP contribution in [0.1, 0.15) is 27.7 Å². The number of hydrogen-bond donors (Lipinski definition) is 0. The average molecular weight is 229 g/mol. The molecule has 1 aromatic heterocycles. The molecule has 0 fully saturated rings. The van der Waals surface area contributed by atoms with Gasteiger partial charge in [-0.05, 0) is 0 Å². The van der Waals surface area contributed by atoms with E-state index in [1.54, 1.807) is 12.5 Å². The number of hydrogen-bond acceptors (Lipinski definition) is 1. The van der Waals surface area contributed by atoms with Crippen molar-refractivity contribution in [2.75, 3.05) is 0 Å². The third kappa shape index (κ3) is 4.54. The van der Waals surface area contributed by atoms with Crippen molar-refractivity contribution in [1.29, 1.82) is 0 Å². The van der Waals surface area contributed by atoms with E-state index in [9.17, 15) is 0 Å². The van der Waals surface area contributed by atoms with Crippen LogP contribution in [0.15, 0.2) is 41.2 Å². The predicted molar refractivity (Wildman–Crippen MR) is 58.9 cm³/mol. The Morgan fingerprint density at radius 2 is 1.14 bits per heavy atom. The van der Waals surface area contributed by atoms with Gasteiger partial charge < -0.3 is 4.42 Å². The van der Waals surface area contributed by atoms with Gasteiger partial charge in [-0.3, -0.25) is 0 Å². The molecule has 0 aliphatic carbocycles. The van der Waals surface area contributed by atoms with Crippen LogP contribution in [0.25, 0.3) is 10.8 Å². The molecule has 1 heterocycles. The second-order valence-corrected chi connectivity index (χ2v) is 2.00. The normalized spacial score (nSPS) is 7.43. The molecule has 0 atom stereocenters. The van der Waals surface area contributed by atoms with Crippen molar-refractivity contribution in [3.63, 3.8) is 0 Å². The van der Waals surface area contributed by atoms with Crippen molar-refractivity contribution in [3.8, 4) is 0 Å². The van der Waals surface area contributed by atoms with Crippen LogP contribution in [-0.2, 0) is 18.6 Å². The zero-order chi connectivity index (χ0) is 10.1. The minimum absolute atomic E-state index is 0. The van der Waals surface area contributed by atoms with Crippen molar-refractivity contribution >= 4 is 10.8 Å². The van der Waals surface area contributed by atoms with Crippen molar-refractivity contribution in [2.45, 2.75) is 27.7 Å². The Morgan fingerprint density at radius 3 is 1.50 bits per heavy atom. The van der Waals surface area contributed by atoms with E-state index < -0.39 is 0 Å². The fraction of sp³-hybridized carbons (Fsp3) is 0.333. The van der Waals surface area contributed by atoms with Crippen molar-refractivity contribution < 1.29 is 23.0 Å². The maximum absolute atomic E-state index is 4.96. The van der Waals surface area contributed by atoms with E-state index in [1.807, 2.05) is 52.0 Å². The van der Waals surface area contributed by atoms with E-state index in [0.717, 1.165) is 10.8 Å². The van der Waals surface area contributed by atoms with Gasteiger partial charge in [-0.2, -0.15) is 0 Å². The molecule has 2 aromatic rings. The van der Waals surface area contributed by atoms with Gasteiger partial charge in [0.2, 0.25) is 0 Å². The molecule has 0 unspecified atom stereocenters. The van der Waals surface area contributed by atoms with Crippen LogP contribution in [0.4, 0.5) is 0 Å². The fourth-order valence-electron chi connectivity index (χ4n) is 0.906. The van der Waals surface area contributed by atoms with Crippen molar-refractivity contribution in [2.24, 2.45) is 0 Å². The van der Waals surface area contributed by atoms with E-state index >= 15 is 0 Å². The van der Waals surface area contributed by atoms with Gasteiger partial charge in [-0.25, -0.2) is 0 Å². The quantitative estimate of drug-likeness (QED) is 0.649. The molecule has 0 N–H and O–H groups in total. The molecule has 0 saturated carbocycles. The molecular weight excluding hydrogens is 211 g/mol. The van der Waals surface area contributed by atoms with E-state index in [-0.39, 0.29) is 18.6 Å². The van der Waals surface area contributed by atoms with Gasteiger partial charge >= 0.3 is 0 Å². The number of rotatable bonds is 0. The van der Waals surface area contributed by atoms with Crippen LogP contribution in [0.2, 0.25) is 0 Å². The second-order valence-electron chi connectivity index (χ2n) is 2.00. The molecule has 1 radical (unpaired) electrons. The van der Waals surface area contributed by atoms with Gasteiger partial charge in [-0.15, -0.1) is 0 Å². The largest absolute Gasteiger partial charge is 0.471 e. The molecule has 1 aromatic carbocycles. The summed E-state index contributed by atoms with van der Waals surface area (Å²) in [5, 5.41) is 2.33. The summed E-state index contributed by atoms with van der Waals surface area (Å²) in [7, 11) is 0. The zero-order valence-electron chi connectivity index (χ0n) is 9.32. The molecule has 0 amide bonds. The number of fused-ring (bicyclic) bond motifs is 1. The van der Waals surface area contributed by atoms with Crippen LogP contribution >= 0.6 is 0 Å². The first-order valence-electron chi connectivity index (χ1n) is 4.88. The minimum Gasteiger partial charge on any atom is -0.471 e. The van der Waals surface area contributed by atoms with Gasteiger partial charge in [-0.1, -0.05) is 52.0 Å². The van der Waals surface area contributed by atoms with E-state index in [0.29, 0.717) is 0 Å². The Balaban J connectivity index is 0. The Hall–Kier alpha value is -0.656. The predicted octanol–water partition coefficient (Wildman–Crippen LogP) is 4.48. The molecule has 77 valence electrons. The van der Waals surface area contributed by atoms with Gasteiger partial charge in [0, 0.05) is 29.3 Å². The molecule has 2 rings (SSSR count). The summed E-state index contributed by atoms with van der Waals surface area (Å²) in [6, 6.07) is 8.05. The van der Waals surface area contributed by atoms with E-state index in [2.05, 4.69) is 0 Å². The van der Waals surface area contributed by atoms with Crippen LogP contribution in [0, 0.1) is 0 Å². The van der Waals surface area contributed by atoms with Gasteiger partial charge in [0.05, 0.1) is 12.5 Å². The summed E-state index contributed by atoms with van der Waals surface area (Å²) in [4.78, 5) is 0. The Kier molecular flexibility index (Phi) is 11.8. The Morgan fingerprint density at radius 1 is 0.786 bits per heavy atom. The summed E-state index contributed by atoms with van der Waals surface area (Å²) in [5.41, 5.74) is 0. The molecule has 0 aliphatic rings. The maximum atomic E-state index is 4.96. The SMILES string of the molecule is CC.CC.[V].c1ccc2cocc2c1. The summed E-state index contributed by atoms with van der Waals surface area (Å²) < 4.78 is 4.96. The molecule has 2 heteroatoms. The molecular formula is C12H18OV. The summed E-state index contributed by atoms with van der Waals surface area (Å²) in [6.45, 7) is 8.00. The second kappa shape index (κ2) is 10.4. The summed E-state index contributed by atoms with van der Waals surface area (Å²) >= 11 is 0. The van der Waals surface area contributed by atoms with Gasteiger partial charge in [0.25, 0.3) is 0 Å². The Labute approximate surface area is 98.4 Å². The first-order chi connectivity index (χ1) is 6.47. The molecule has 0 bridgehead atoms. The number of furan rings is 1. The minimum atomic E-state index is 0. The third-order valence-corrected chi connectivity index (χ3v) is 1.39. The van der Waals surface area contributed by atoms with Crippen LogP contribution in [0.3, 0.4) is 0 Å². The Bertz CT molecular complexity index is 284. The zero-order valence-corrected chi connectivity index (χ0v) is 10.7. The summed E-state index contributed by atoms with van der Waals surface area (Å²) in [6.07, 6.45) is 3.49. The maximum Gasteiger partial charge on any atom is 0.0981 e. The van der Waals surface area contributed by atoms with Crippen molar-refractivity contribution in [1.82, 2.24) is 0 Å². The molecule has 0 aliphatic heterocycles. The van der Waals surface area contributed by atoms with Crippen LogP contribution in [0.5, 0.6) is 0 Å². The summed E-state index contributed by atoms with van der Waals surface area (Å²) in [5.74, 6) is 0. The molecule has 0 saturated heterocycles. The molecule has 14 heavy (non-hydrogen) atoms. The van der Waals surface area contributed by atoms with E-state index in [1.165, 1.54) is 0 Å². The standard InChI is InChI=1S/C8H6O.2C2H6.V/c1-2-4-8-6-9-5-7(8)3-1;2*1-2;/h1-6H;2*1-2H3;. The number of benzene rings is 1.